The first-order valence-electron chi connectivity index (χ1n) is 11.2. The molecule has 2 atom stereocenters. The van der Waals surface area contributed by atoms with Crippen molar-refractivity contribution in [2.45, 2.75) is 82.8 Å². The maximum atomic E-state index is 12.4. The van der Waals surface area contributed by atoms with Crippen LogP contribution in [0, 0.1) is 5.92 Å². The highest BCUT2D eigenvalue weighted by atomic mass is 127. The molecule has 4 rings (SSSR count). The third kappa shape index (κ3) is 5.80. The van der Waals surface area contributed by atoms with Gasteiger partial charge in [0.05, 0.1) is 0 Å². The van der Waals surface area contributed by atoms with Gasteiger partial charge in [-0.3, -0.25) is 9.79 Å². The van der Waals surface area contributed by atoms with Crippen LogP contribution in [0.3, 0.4) is 0 Å². The standard InChI is InChI=1S/C23H34N4O2.HI/c1-24-23(25-14-20-19-8-3-2-5-15(19)9-12-21(20)28)27-18-7-4-6-16(13-18)22(29)26-17-10-11-17;/h9,12,16-18,28H,2-8,10-11,13-14H2,1H3,(H,26,29)(H2,24,25,27);1H. The number of carbonyl (C=O) groups is 1. The van der Waals surface area contributed by atoms with Crippen molar-refractivity contribution in [2.24, 2.45) is 10.9 Å². The fourth-order valence-corrected chi connectivity index (χ4v) is 4.76. The minimum absolute atomic E-state index is 0. The summed E-state index contributed by atoms with van der Waals surface area (Å²) in [6, 6.07) is 4.56. The number of phenols is 1. The first-order chi connectivity index (χ1) is 14.1. The Bertz CT molecular complexity index is 779. The van der Waals surface area contributed by atoms with Crippen LogP contribution in [-0.4, -0.2) is 36.1 Å². The molecule has 1 aromatic rings. The summed E-state index contributed by atoms with van der Waals surface area (Å²) in [6.07, 6.45) is 10.8. The summed E-state index contributed by atoms with van der Waals surface area (Å²) in [4.78, 5) is 16.8. The molecule has 2 fully saturated rings. The number of aliphatic imine (C=N–C) groups is 1. The SMILES string of the molecule is CN=C(NCc1c(O)ccc2c1CCCC2)NC1CCCC(C(=O)NC2CC2)C1.I. The molecule has 0 bridgehead atoms. The van der Waals surface area contributed by atoms with Crippen molar-refractivity contribution in [3.8, 4) is 5.75 Å². The average molecular weight is 526 g/mol. The summed E-state index contributed by atoms with van der Waals surface area (Å²) < 4.78 is 0. The van der Waals surface area contributed by atoms with E-state index in [1.54, 1.807) is 7.05 Å². The van der Waals surface area contributed by atoms with Crippen molar-refractivity contribution in [1.29, 1.82) is 0 Å². The van der Waals surface area contributed by atoms with Crippen LogP contribution < -0.4 is 16.0 Å². The molecular weight excluding hydrogens is 491 g/mol. The molecule has 0 aliphatic heterocycles. The van der Waals surface area contributed by atoms with Crippen LogP contribution in [0.25, 0.3) is 0 Å². The zero-order valence-electron chi connectivity index (χ0n) is 17.9. The third-order valence-corrected chi connectivity index (χ3v) is 6.59. The predicted octanol–water partition coefficient (Wildman–Crippen LogP) is 3.39. The zero-order chi connectivity index (χ0) is 20.2. The highest BCUT2D eigenvalue weighted by molar-refractivity contribution is 14.0. The number of amides is 1. The average Bonchev–Trinajstić information content (AvgIpc) is 3.56. The smallest absolute Gasteiger partial charge is 0.223 e. The number of nitrogens with one attached hydrogen (secondary N) is 3. The lowest BCUT2D eigenvalue weighted by Crippen LogP contribution is -2.47. The van der Waals surface area contributed by atoms with Crippen molar-refractivity contribution in [2.75, 3.05) is 7.05 Å². The lowest BCUT2D eigenvalue weighted by Gasteiger charge is -2.30. The summed E-state index contributed by atoms with van der Waals surface area (Å²) in [5.74, 6) is 1.43. The topological polar surface area (TPSA) is 85.8 Å². The number of benzene rings is 1. The van der Waals surface area contributed by atoms with Gasteiger partial charge in [0, 0.05) is 37.2 Å². The first-order valence-corrected chi connectivity index (χ1v) is 11.2. The number of hydrogen-bond acceptors (Lipinski definition) is 3. The summed E-state index contributed by atoms with van der Waals surface area (Å²) in [6.45, 7) is 0.562. The molecule has 0 aromatic heterocycles. The summed E-state index contributed by atoms with van der Waals surface area (Å²) in [5, 5.41) is 20.4. The van der Waals surface area contributed by atoms with E-state index in [9.17, 15) is 9.90 Å². The normalized spacial score (nSPS) is 23.7. The highest BCUT2D eigenvalue weighted by Crippen LogP contribution is 2.30. The zero-order valence-corrected chi connectivity index (χ0v) is 20.2. The van der Waals surface area contributed by atoms with Crippen molar-refractivity contribution < 1.29 is 9.90 Å². The van der Waals surface area contributed by atoms with Gasteiger partial charge in [-0.2, -0.15) is 0 Å². The second kappa shape index (κ2) is 10.7. The van der Waals surface area contributed by atoms with Crippen molar-refractivity contribution in [1.82, 2.24) is 16.0 Å². The quantitative estimate of drug-likeness (QED) is 0.269. The molecule has 2 saturated carbocycles. The number of rotatable bonds is 5. The van der Waals surface area contributed by atoms with Gasteiger partial charge in [0.1, 0.15) is 5.75 Å². The maximum Gasteiger partial charge on any atom is 0.223 e. The molecule has 1 aromatic carbocycles. The van der Waals surface area contributed by atoms with Crippen molar-refractivity contribution >= 4 is 35.8 Å². The van der Waals surface area contributed by atoms with E-state index in [4.69, 9.17) is 0 Å². The maximum absolute atomic E-state index is 12.4. The van der Waals surface area contributed by atoms with Crippen molar-refractivity contribution in [3.05, 3.63) is 28.8 Å². The molecule has 0 heterocycles. The molecule has 4 N–H and O–H groups in total. The Morgan fingerprint density at radius 1 is 1.07 bits per heavy atom. The number of aryl methyl sites for hydroxylation is 1. The Morgan fingerprint density at radius 2 is 1.87 bits per heavy atom. The Morgan fingerprint density at radius 3 is 2.63 bits per heavy atom. The van der Waals surface area contributed by atoms with Gasteiger partial charge in [-0.15, -0.1) is 24.0 Å². The Balaban J connectivity index is 0.00000256. The van der Waals surface area contributed by atoms with Gasteiger partial charge in [-0.25, -0.2) is 0 Å². The van der Waals surface area contributed by atoms with Crippen LogP contribution in [0.1, 0.15) is 68.1 Å². The molecule has 3 aliphatic carbocycles. The number of hydrogen-bond donors (Lipinski definition) is 4. The third-order valence-electron chi connectivity index (χ3n) is 6.59. The van der Waals surface area contributed by atoms with E-state index in [0.717, 1.165) is 62.9 Å². The Hall–Kier alpha value is -1.51. The predicted molar refractivity (Wildman–Crippen MR) is 130 cm³/mol. The van der Waals surface area contributed by atoms with Crippen LogP contribution >= 0.6 is 24.0 Å². The molecule has 166 valence electrons. The summed E-state index contributed by atoms with van der Waals surface area (Å²) >= 11 is 0. The van der Waals surface area contributed by atoms with Crippen LogP contribution in [0.5, 0.6) is 5.75 Å². The van der Waals surface area contributed by atoms with E-state index >= 15 is 0 Å². The van der Waals surface area contributed by atoms with Gasteiger partial charge in [0.15, 0.2) is 5.96 Å². The molecule has 6 nitrogen and oxygen atoms in total. The number of nitrogens with zero attached hydrogens (tertiary/aromatic N) is 1. The molecule has 0 spiro atoms. The number of carbonyl (C=O) groups excluding carboxylic acids is 1. The Labute approximate surface area is 196 Å². The van der Waals surface area contributed by atoms with E-state index in [1.807, 2.05) is 6.07 Å². The van der Waals surface area contributed by atoms with Crippen LogP contribution in [-0.2, 0) is 24.2 Å². The lowest BCUT2D eigenvalue weighted by molar-refractivity contribution is -0.126. The number of aromatic hydroxyl groups is 1. The highest BCUT2D eigenvalue weighted by Gasteiger charge is 2.31. The van der Waals surface area contributed by atoms with E-state index < -0.39 is 0 Å². The van der Waals surface area contributed by atoms with Gasteiger partial charge in [-0.1, -0.05) is 12.5 Å². The van der Waals surface area contributed by atoms with E-state index in [-0.39, 0.29) is 41.8 Å². The first kappa shape index (κ1) is 23.2. The minimum atomic E-state index is 0. The van der Waals surface area contributed by atoms with Gasteiger partial charge in [-0.05, 0) is 75.0 Å². The van der Waals surface area contributed by atoms with E-state index in [2.05, 4.69) is 27.0 Å². The van der Waals surface area contributed by atoms with Crippen LogP contribution in [0.4, 0.5) is 0 Å². The number of guanidine groups is 1. The minimum Gasteiger partial charge on any atom is -0.508 e. The number of phenolic OH excluding ortho intramolecular Hbond substituents is 1. The van der Waals surface area contributed by atoms with Gasteiger partial charge >= 0.3 is 0 Å². The molecule has 7 heteroatoms. The Kier molecular flexibility index (Phi) is 8.25. The molecular formula is C23H35IN4O2. The lowest BCUT2D eigenvalue weighted by atomic mass is 9.85. The largest absolute Gasteiger partial charge is 0.508 e. The van der Waals surface area contributed by atoms with Crippen molar-refractivity contribution in [3.63, 3.8) is 0 Å². The van der Waals surface area contributed by atoms with E-state index in [0.29, 0.717) is 18.3 Å². The molecule has 30 heavy (non-hydrogen) atoms. The number of fused-ring (bicyclic) bond motifs is 1. The molecule has 0 saturated heterocycles. The molecule has 2 unspecified atom stereocenters. The monoisotopic (exact) mass is 526 g/mol. The summed E-state index contributed by atoms with van der Waals surface area (Å²) in [7, 11) is 1.77. The number of halogens is 1. The van der Waals surface area contributed by atoms with Gasteiger partial charge in [0.2, 0.25) is 5.91 Å². The van der Waals surface area contributed by atoms with Gasteiger partial charge < -0.3 is 21.1 Å². The fourth-order valence-electron chi connectivity index (χ4n) is 4.76. The molecule has 0 radical (unpaired) electrons. The van der Waals surface area contributed by atoms with Crippen LogP contribution in [0.15, 0.2) is 17.1 Å². The molecule has 1 amide bonds. The van der Waals surface area contributed by atoms with Crippen LogP contribution in [0.2, 0.25) is 0 Å². The van der Waals surface area contributed by atoms with Gasteiger partial charge in [0.25, 0.3) is 0 Å². The second-order valence-corrected chi connectivity index (χ2v) is 8.82. The molecule has 3 aliphatic rings. The fraction of sp³-hybridized carbons (Fsp3) is 0.652. The van der Waals surface area contributed by atoms with E-state index in [1.165, 1.54) is 24.0 Å². The second-order valence-electron chi connectivity index (χ2n) is 8.82. The summed E-state index contributed by atoms with van der Waals surface area (Å²) in [5.41, 5.74) is 3.66.